The Balaban J connectivity index is 1.57. The van der Waals surface area contributed by atoms with Crippen LogP contribution in [0, 0.1) is 5.82 Å². The van der Waals surface area contributed by atoms with Gasteiger partial charge in [-0.05, 0) is 71.1 Å². The minimum absolute atomic E-state index is 0.141. The van der Waals surface area contributed by atoms with Crippen molar-refractivity contribution in [3.05, 3.63) is 63.9 Å². The summed E-state index contributed by atoms with van der Waals surface area (Å²) in [6.07, 6.45) is 2.29. The van der Waals surface area contributed by atoms with Crippen molar-refractivity contribution in [3.63, 3.8) is 0 Å². The Morgan fingerprint density at radius 3 is 2.48 bits per heavy atom. The van der Waals surface area contributed by atoms with Crippen LogP contribution in [0.4, 0.5) is 4.39 Å². The van der Waals surface area contributed by atoms with Gasteiger partial charge in [0.15, 0.2) is 0 Å². The van der Waals surface area contributed by atoms with Crippen LogP contribution in [0.3, 0.4) is 0 Å². The summed E-state index contributed by atoms with van der Waals surface area (Å²) in [7, 11) is 0. The minimum Gasteiger partial charge on any atom is -0.494 e. The zero-order valence-corrected chi connectivity index (χ0v) is 14.7. The van der Waals surface area contributed by atoms with Gasteiger partial charge in [0.05, 0.1) is 24.3 Å². The summed E-state index contributed by atoms with van der Waals surface area (Å²) in [6, 6.07) is 13.3. The first-order chi connectivity index (χ1) is 11.1. The lowest BCUT2D eigenvalue weighted by molar-refractivity contribution is 0.100. The third-order valence-electron chi connectivity index (χ3n) is 4.26. The highest BCUT2D eigenvalue weighted by Gasteiger charge is 2.44. The van der Waals surface area contributed by atoms with Gasteiger partial charge in [0, 0.05) is 5.41 Å². The van der Waals surface area contributed by atoms with Crippen LogP contribution in [0.5, 0.6) is 5.75 Å². The van der Waals surface area contributed by atoms with E-state index in [1.54, 1.807) is 12.1 Å². The summed E-state index contributed by atoms with van der Waals surface area (Å²) < 4.78 is 25.1. The molecule has 0 saturated heterocycles. The normalized spacial score (nSPS) is 15.4. The third kappa shape index (κ3) is 3.93. The highest BCUT2D eigenvalue weighted by Crippen LogP contribution is 2.48. The molecule has 0 amide bonds. The highest BCUT2D eigenvalue weighted by atomic mass is 79.9. The molecule has 0 spiro atoms. The molecular weight excluding hydrogens is 359 g/mol. The molecule has 3 rings (SSSR count). The highest BCUT2D eigenvalue weighted by molar-refractivity contribution is 9.10. The van der Waals surface area contributed by atoms with Gasteiger partial charge in [0.25, 0.3) is 0 Å². The first-order valence-corrected chi connectivity index (χ1v) is 8.67. The average Bonchev–Trinajstić information content (AvgIpc) is 3.33. The van der Waals surface area contributed by atoms with Gasteiger partial charge in [-0.25, -0.2) is 4.39 Å². The van der Waals surface area contributed by atoms with Crippen molar-refractivity contribution in [1.29, 1.82) is 0 Å². The standard InChI is InChI=1S/C19H20BrFO2/c1-2-23-16-6-4-15(5-7-16)19(9-10-19)13-22-12-14-3-8-18(21)17(20)11-14/h3-8,11H,2,9-10,12-13H2,1H3. The van der Waals surface area contributed by atoms with Crippen LogP contribution in [0.15, 0.2) is 46.9 Å². The number of hydrogen-bond acceptors (Lipinski definition) is 2. The van der Waals surface area contributed by atoms with E-state index in [1.807, 2.05) is 19.1 Å². The van der Waals surface area contributed by atoms with E-state index < -0.39 is 0 Å². The molecule has 2 nitrogen and oxygen atoms in total. The van der Waals surface area contributed by atoms with Gasteiger partial charge in [-0.15, -0.1) is 0 Å². The van der Waals surface area contributed by atoms with Gasteiger partial charge in [0.1, 0.15) is 11.6 Å². The van der Waals surface area contributed by atoms with Crippen LogP contribution < -0.4 is 4.74 Å². The van der Waals surface area contributed by atoms with E-state index in [0.717, 1.165) is 24.2 Å². The first kappa shape index (κ1) is 16.5. The Morgan fingerprint density at radius 1 is 1.13 bits per heavy atom. The summed E-state index contributed by atoms with van der Waals surface area (Å²) in [5.41, 5.74) is 2.42. The maximum Gasteiger partial charge on any atom is 0.137 e. The van der Waals surface area contributed by atoms with Crippen LogP contribution in [0.25, 0.3) is 0 Å². The predicted molar refractivity (Wildman–Crippen MR) is 92.3 cm³/mol. The van der Waals surface area contributed by atoms with E-state index in [4.69, 9.17) is 9.47 Å². The lowest BCUT2D eigenvalue weighted by atomic mass is 9.97. The molecule has 0 aliphatic heterocycles. The topological polar surface area (TPSA) is 18.5 Å². The van der Waals surface area contributed by atoms with E-state index in [0.29, 0.717) is 24.3 Å². The molecule has 122 valence electrons. The SMILES string of the molecule is CCOc1ccc(C2(COCc3ccc(F)c(Br)c3)CC2)cc1. The lowest BCUT2D eigenvalue weighted by Crippen LogP contribution is -2.15. The molecule has 0 heterocycles. The zero-order chi connectivity index (χ0) is 16.3. The van der Waals surface area contributed by atoms with E-state index in [1.165, 1.54) is 11.6 Å². The average molecular weight is 379 g/mol. The molecule has 0 atom stereocenters. The van der Waals surface area contributed by atoms with E-state index in [-0.39, 0.29) is 11.2 Å². The predicted octanol–water partition coefficient (Wildman–Crippen LogP) is 5.24. The second-order valence-corrected chi connectivity index (χ2v) is 6.83. The third-order valence-corrected chi connectivity index (χ3v) is 4.87. The molecule has 0 unspecified atom stereocenters. The Morgan fingerprint density at radius 2 is 1.87 bits per heavy atom. The van der Waals surface area contributed by atoms with Crippen LogP contribution in [-0.2, 0) is 16.8 Å². The molecule has 1 saturated carbocycles. The van der Waals surface area contributed by atoms with Gasteiger partial charge in [0.2, 0.25) is 0 Å². The van der Waals surface area contributed by atoms with Crippen LogP contribution >= 0.6 is 15.9 Å². The zero-order valence-electron chi connectivity index (χ0n) is 13.1. The van der Waals surface area contributed by atoms with Crippen molar-refractivity contribution in [3.8, 4) is 5.75 Å². The van der Waals surface area contributed by atoms with Crippen LogP contribution in [-0.4, -0.2) is 13.2 Å². The van der Waals surface area contributed by atoms with Crippen molar-refractivity contribution >= 4 is 15.9 Å². The van der Waals surface area contributed by atoms with Crippen LogP contribution in [0.2, 0.25) is 0 Å². The summed E-state index contributed by atoms with van der Waals surface area (Å²) in [5.74, 6) is 0.658. The largest absolute Gasteiger partial charge is 0.494 e. The van der Waals surface area contributed by atoms with Crippen LogP contribution in [0.1, 0.15) is 30.9 Å². The maximum absolute atomic E-state index is 13.2. The van der Waals surface area contributed by atoms with E-state index in [2.05, 4.69) is 28.1 Å². The van der Waals surface area contributed by atoms with Crippen molar-refractivity contribution in [2.45, 2.75) is 31.8 Å². The number of rotatable bonds is 7. The van der Waals surface area contributed by atoms with Crippen molar-refractivity contribution in [1.82, 2.24) is 0 Å². The Bertz CT molecular complexity index is 666. The van der Waals surface area contributed by atoms with Gasteiger partial charge < -0.3 is 9.47 Å². The molecule has 2 aromatic rings. The Kier molecular flexibility index (Phi) is 5.02. The number of halogens is 2. The fourth-order valence-electron chi connectivity index (χ4n) is 2.73. The smallest absolute Gasteiger partial charge is 0.137 e. The van der Waals surface area contributed by atoms with Gasteiger partial charge in [-0.2, -0.15) is 0 Å². The second kappa shape index (κ2) is 7.02. The first-order valence-electron chi connectivity index (χ1n) is 7.88. The fourth-order valence-corrected chi connectivity index (χ4v) is 3.16. The number of hydrogen-bond donors (Lipinski definition) is 0. The lowest BCUT2D eigenvalue weighted by Gasteiger charge is -2.17. The van der Waals surface area contributed by atoms with E-state index in [9.17, 15) is 4.39 Å². The molecule has 0 aromatic heterocycles. The molecule has 1 aliphatic rings. The summed E-state index contributed by atoms with van der Waals surface area (Å²) >= 11 is 3.20. The molecule has 1 fully saturated rings. The minimum atomic E-state index is -0.248. The van der Waals surface area contributed by atoms with Gasteiger partial charge in [-0.3, -0.25) is 0 Å². The molecule has 2 aromatic carbocycles. The number of benzene rings is 2. The maximum atomic E-state index is 13.2. The fraction of sp³-hybridized carbons (Fsp3) is 0.368. The monoisotopic (exact) mass is 378 g/mol. The van der Waals surface area contributed by atoms with Gasteiger partial charge >= 0.3 is 0 Å². The molecule has 0 bridgehead atoms. The summed E-state index contributed by atoms with van der Waals surface area (Å²) in [6.45, 7) is 3.85. The molecule has 4 heteroatoms. The molecule has 23 heavy (non-hydrogen) atoms. The van der Waals surface area contributed by atoms with Crippen molar-refractivity contribution < 1.29 is 13.9 Å². The molecule has 0 radical (unpaired) electrons. The summed E-state index contributed by atoms with van der Waals surface area (Å²) in [4.78, 5) is 0. The van der Waals surface area contributed by atoms with Gasteiger partial charge in [-0.1, -0.05) is 18.2 Å². The Hall–Kier alpha value is -1.39. The van der Waals surface area contributed by atoms with Crippen molar-refractivity contribution in [2.75, 3.05) is 13.2 Å². The molecule has 0 N–H and O–H groups in total. The summed E-state index contributed by atoms with van der Waals surface area (Å²) in [5, 5.41) is 0. The quantitative estimate of drug-likeness (QED) is 0.656. The Labute approximate surface area is 144 Å². The van der Waals surface area contributed by atoms with E-state index >= 15 is 0 Å². The molecule has 1 aliphatic carbocycles. The second-order valence-electron chi connectivity index (χ2n) is 5.98. The molecular formula is C19H20BrFO2. The van der Waals surface area contributed by atoms with Crippen molar-refractivity contribution in [2.24, 2.45) is 0 Å². The number of ether oxygens (including phenoxy) is 2.